The van der Waals surface area contributed by atoms with Gasteiger partial charge >= 0.3 is 5.97 Å². The van der Waals surface area contributed by atoms with Crippen LogP contribution in [0.1, 0.15) is 16.9 Å². The number of carbonyl (C=O) groups excluding carboxylic acids is 2. The summed E-state index contributed by atoms with van der Waals surface area (Å²) in [5.74, 6) is -0.973. The standard InChI is InChI=1S/C20H17N3O3/c21-11-6-12-23(16-8-2-1-3-9-16)19(24)14-26-20(25)18-13-15-7-4-5-10-17(15)22-18/h1-5,7-10,13,22H,6,12,14H2. The highest BCUT2D eigenvalue weighted by atomic mass is 16.5. The maximum Gasteiger partial charge on any atom is 0.355 e. The third-order valence-electron chi connectivity index (χ3n) is 3.89. The van der Waals surface area contributed by atoms with E-state index in [-0.39, 0.29) is 18.9 Å². The first kappa shape index (κ1) is 17.2. The first-order valence-electron chi connectivity index (χ1n) is 8.16. The molecule has 0 atom stereocenters. The van der Waals surface area contributed by atoms with Crippen molar-refractivity contribution in [3.63, 3.8) is 0 Å². The van der Waals surface area contributed by atoms with Crippen LogP contribution in [0.25, 0.3) is 10.9 Å². The van der Waals surface area contributed by atoms with Crippen LogP contribution < -0.4 is 4.90 Å². The number of aromatic amines is 1. The van der Waals surface area contributed by atoms with Crippen molar-refractivity contribution in [3.05, 3.63) is 66.4 Å². The summed E-state index contributed by atoms with van der Waals surface area (Å²) in [6.45, 7) is -0.155. The smallest absolute Gasteiger partial charge is 0.355 e. The molecule has 0 aliphatic carbocycles. The van der Waals surface area contributed by atoms with Crippen molar-refractivity contribution in [1.82, 2.24) is 4.98 Å². The molecule has 0 aliphatic heterocycles. The fraction of sp³-hybridized carbons (Fsp3) is 0.150. The molecule has 1 N–H and O–H groups in total. The molecule has 6 nitrogen and oxygen atoms in total. The van der Waals surface area contributed by atoms with Gasteiger partial charge in [-0.1, -0.05) is 36.4 Å². The lowest BCUT2D eigenvalue weighted by Gasteiger charge is -2.21. The van der Waals surface area contributed by atoms with Crippen LogP contribution in [0.2, 0.25) is 0 Å². The van der Waals surface area contributed by atoms with E-state index in [9.17, 15) is 9.59 Å². The van der Waals surface area contributed by atoms with Crippen molar-refractivity contribution >= 4 is 28.5 Å². The van der Waals surface area contributed by atoms with E-state index in [0.717, 1.165) is 10.9 Å². The highest BCUT2D eigenvalue weighted by molar-refractivity contribution is 5.98. The summed E-state index contributed by atoms with van der Waals surface area (Å²) in [6.07, 6.45) is 0.191. The van der Waals surface area contributed by atoms with Crippen LogP contribution in [0, 0.1) is 11.3 Å². The highest BCUT2D eigenvalue weighted by Gasteiger charge is 2.18. The van der Waals surface area contributed by atoms with Crippen molar-refractivity contribution in [2.75, 3.05) is 18.1 Å². The van der Waals surface area contributed by atoms with Crippen LogP contribution in [-0.4, -0.2) is 30.0 Å². The Hall–Kier alpha value is -3.59. The summed E-state index contributed by atoms with van der Waals surface area (Å²) < 4.78 is 5.16. The molecule has 0 saturated carbocycles. The fourth-order valence-corrected chi connectivity index (χ4v) is 2.63. The molecule has 6 heteroatoms. The number of fused-ring (bicyclic) bond motifs is 1. The van der Waals surface area contributed by atoms with E-state index >= 15 is 0 Å². The third kappa shape index (κ3) is 3.90. The molecule has 1 amide bonds. The number of hydrogen-bond acceptors (Lipinski definition) is 4. The number of esters is 1. The molecular weight excluding hydrogens is 330 g/mol. The minimum atomic E-state index is -0.595. The normalized spacial score (nSPS) is 10.3. The molecule has 3 rings (SSSR count). The van der Waals surface area contributed by atoms with E-state index in [1.54, 1.807) is 30.3 Å². The fourth-order valence-electron chi connectivity index (χ4n) is 2.63. The summed E-state index contributed by atoms with van der Waals surface area (Å²) in [5, 5.41) is 9.70. The Morgan fingerprint density at radius 1 is 1.08 bits per heavy atom. The lowest BCUT2D eigenvalue weighted by molar-refractivity contribution is -0.121. The summed E-state index contributed by atoms with van der Waals surface area (Å²) in [7, 11) is 0. The second-order valence-corrected chi connectivity index (χ2v) is 5.64. The average Bonchev–Trinajstić information content (AvgIpc) is 3.11. The summed E-state index contributed by atoms with van der Waals surface area (Å²) in [6, 6.07) is 20.2. The van der Waals surface area contributed by atoms with Crippen LogP contribution in [0.5, 0.6) is 0 Å². The van der Waals surface area contributed by atoms with Gasteiger partial charge in [0.2, 0.25) is 0 Å². The maximum absolute atomic E-state index is 12.5. The number of ether oxygens (including phenoxy) is 1. The van der Waals surface area contributed by atoms with E-state index in [4.69, 9.17) is 10.00 Å². The van der Waals surface area contributed by atoms with Crippen molar-refractivity contribution in [2.24, 2.45) is 0 Å². The van der Waals surface area contributed by atoms with Crippen molar-refractivity contribution in [3.8, 4) is 6.07 Å². The SMILES string of the molecule is N#CCCN(C(=O)COC(=O)c1cc2ccccc2[nH]1)c1ccccc1. The van der Waals surface area contributed by atoms with Gasteiger partial charge in [-0.15, -0.1) is 0 Å². The number of nitrogens with zero attached hydrogens (tertiary/aromatic N) is 2. The molecule has 3 aromatic rings. The number of amides is 1. The zero-order valence-corrected chi connectivity index (χ0v) is 14.0. The maximum atomic E-state index is 12.5. The van der Waals surface area contributed by atoms with E-state index in [0.29, 0.717) is 11.4 Å². The second-order valence-electron chi connectivity index (χ2n) is 5.64. The Morgan fingerprint density at radius 2 is 1.81 bits per heavy atom. The number of nitriles is 1. The molecule has 0 fully saturated rings. The van der Waals surface area contributed by atoms with Gasteiger partial charge in [0, 0.05) is 23.1 Å². The molecule has 0 spiro atoms. The molecule has 1 heterocycles. The molecule has 0 bridgehead atoms. The Kier molecular flexibility index (Phi) is 5.30. The number of benzene rings is 2. The van der Waals surface area contributed by atoms with Gasteiger partial charge in [0.15, 0.2) is 6.61 Å². The van der Waals surface area contributed by atoms with Crippen molar-refractivity contribution in [2.45, 2.75) is 6.42 Å². The lowest BCUT2D eigenvalue weighted by Crippen LogP contribution is -2.35. The first-order valence-corrected chi connectivity index (χ1v) is 8.16. The molecule has 2 aromatic carbocycles. The zero-order valence-electron chi connectivity index (χ0n) is 14.0. The number of para-hydroxylation sites is 2. The number of carbonyl (C=O) groups is 2. The molecule has 0 unspecified atom stereocenters. The number of aromatic nitrogens is 1. The van der Waals surface area contributed by atoms with Crippen LogP contribution in [0.4, 0.5) is 5.69 Å². The summed E-state index contributed by atoms with van der Waals surface area (Å²) >= 11 is 0. The van der Waals surface area contributed by atoms with Gasteiger partial charge in [-0.3, -0.25) is 4.79 Å². The Bertz CT molecular complexity index is 924. The predicted molar refractivity (Wildman–Crippen MR) is 97.6 cm³/mol. The summed E-state index contributed by atoms with van der Waals surface area (Å²) in [4.78, 5) is 29.1. The van der Waals surface area contributed by atoms with Gasteiger partial charge in [0.25, 0.3) is 5.91 Å². The second kappa shape index (κ2) is 7.99. The Balaban J connectivity index is 1.67. The summed E-state index contributed by atoms with van der Waals surface area (Å²) in [5.41, 5.74) is 1.78. The molecule has 0 aliphatic rings. The Morgan fingerprint density at radius 3 is 2.54 bits per heavy atom. The topological polar surface area (TPSA) is 86.2 Å². The predicted octanol–water partition coefficient (Wildman–Crippen LogP) is 3.27. The first-order chi connectivity index (χ1) is 12.7. The van der Waals surface area contributed by atoms with Gasteiger partial charge in [0.05, 0.1) is 12.5 Å². The van der Waals surface area contributed by atoms with Crippen molar-refractivity contribution < 1.29 is 14.3 Å². The van der Waals surface area contributed by atoms with Gasteiger partial charge in [-0.2, -0.15) is 5.26 Å². The van der Waals surface area contributed by atoms with Gasteiger partial charge in [-0.05, 0) is 24.3 Å². The molecule has 0 saturated heterocycles. The average molecular weight is 347 g/mol. The van der Waals surface area contributed by atoms with E-state index < -0.39 is 12.6 Å². The largest absolute Gasteiger partial charge is 0.451 e. The Labute approximate surface area is 150 Å². The zero-order chi connectivity index (χ0) is 18.4. The number of hydrogen-bond donors (Lipinski definition) is 1. The minimum Gasteiger partial charge on any atom is -0.451 e. The van der Waals surface area contributed by atoms with Crippen LogP contribution in [-0.2, 0) is 9.53 Å². The van der Waals surface area contributed by atoms with Crippen LogP contribution in [0.3, 0.4) is 0 Å². The number of anilines is 1. The quantitative estimate of drug-likeness (QED) is 0.693. The molecule has 26 heavy (non-hydrogen) atoms. The molecular formula is C20H17N3O3. The van der Waals surface area contributed by atoms with Gasteiger partial charge in [0.1, 0.15) is 5.69 Å². The van der Waals surface area contributed by atoms with E-state index in [1.165, 1.54) is 4.90 Å². The van der Waals surface area contributed by atoms with Crippen molar-refractivity contribution in [1.29, 1.82) is 5.26 Å². The van der Waals surface area contributed by atoms with Crippen LogP contribution in [0.15, 0.2) is 60.7 Å². The molecule has 1 aromatic heterocycles. The molecule has 0 radical (unpaired) electrons. The number of H-pyrrole nitrogens is 1. The lowest BCUT2D eigenvalue weighted by atomic mass is 10.2. The minimum absolute atomic E-state index is 0.191. The number of rotatable bonds is 6. The van der Waals surface area contributed by atoms with Crippen LogP contribution >= 0.6 is 0 Å². The molecule has 130 valence electrons. The number of nitrogens with one attached hydrogen (secondary N) is 1. The van der Waals surface area contributed by atoms with E-state index in [1.807, 2.05) is 36.4 Å². The monoisotopic (exact) mass is 347 g/mol. The third-order valence-corrected chi connectivity index (χ3v) is 3.89. The van der Waals surface area contributed by atoms with Gasteiger partial charge < -0.3 is 14.6 Å². The highest BCUT2D eigenvalue weighted by Crippen LogP contribution is 2.16. The van der Waals surface area contributed by atoms with Gasteiger partial charge in [-0.25, -0.2) is 4.79 Å². The van der Waals surface area contributed by atoms with E-state index in [2.05, 4.69) is 4.98 Å².